The summed E-state index contributed by atoms with van der Waals surface area (Å²) in [4.78, 5) is 0. The van der Waals surface area contributed by atoms with Gasteiger partial charge in [-0.25, -0.2) is 0 Å². The molecule has 0 heterocycles. The van der Waals surface area contributed by atoms with Gasteiger partial charge in [-0.2, -0.15) is 0 Å². The maximum absolute atomic E-state index is 8.89. The van der Waals surface area contributed by atoms with E-state index in [1.54, 1.807) is 6.08 Å². The molecule has 0 aliphatic carbocycles. The largest absolute Gasteiger partial charge is 0.451 e. The molecule has 0 radical (unpaired) electrons. The summed E-state index contributed by atoms with van der Waals surface area (Å²) in [7, 11) is 0. The Labute approximate surface area is 124 Å². The van der Waals surface area contributed by atoms with Crippen LogP contribution >= 0.6 is 0 Å². The van der Waals surface area contributed by atoms with Crippen molar-refractivity contribution >= 4 is 0 Å². The average Bonchev–Trinajstić information content (AvgIpc) is 2.44. The second kappa shape index (κ2) is 9.44. The topological polar surface area (TPSA) is 29.5 Å². The van der Waals surface area contributed by atoms with E-state index in [1.807, 2.05) is 13.0 Å². The molecule has 20 heavy (non-hydrogen) atoms. The van der Waals surface area contributed by atoms with Crippen LogP contribution in [0, 0.1) is 17.3 Å². The van der Waals surface area contributed by atoms with Gasteiger partial charge in [-0.05, 0) is 43.3 Å². The minimum atomic E-state index is -0.196. The van der Waals surface area contributed by atoms with Gasteiger partial charge >= 0.3 is 0 Å². The fourth-order valence-corrected chi connectivity index (χ4v) is 1.64. The number of ether oxygens (including phenoxy) is 1. The number of hydrogen-bond acceptors (Lipinski definition) is 2. The predicted octanol–water partition coefficient (Wildman–Crippen LogP) is 4.58. The van der Waals surface area contributed by atoms with E-state index in [9.17, 15) is 0 Å². The monoisotopic (exact) mass is 276 g/mol. The molecule has 0 bridgehead atoms. The molecule has 2 nitrogen and oxygen atoms in total. The van der Waals surface area contributed by atoms with Gasteiger partial charge in [0.1, 0.15) is 12.4 Å². The maximum atomic E-state index is 8.89. The Morgan fingerprint density at radius 3 is 2.45 bits per heavy atom. The lowest BCUT2D eigenvalue weighted by molar-refractivity contribution is 0.225. The lowest BCUT2D eigenvalue weighted by Crippen LogP contribution is -2.13. The second-order valence-corrected chi connectivity index (χ2v) is 5.38. The number of rotatable bonds is 7. The zero-order chi connectivity index (χ0) is 15.6. The Morgan fingerprint density at radius 1 is 1.35 bits per heavy atom. The van der Waals surface area contributed by atoms with Crippen molar-refractivity contribution in [1.82, 2.24) is 0 Å². The van der Waals surface area contributed by atoms with E-state index < -0.39 is 0 Å². The van der Waals surface area contributed by atoms with E-state index in [1.165, 1.54) is 5.57 Å². The van der Waals surface area contributed by atoms with Crippen molar-refractivity contribution in [1.29, 1.82) is 0 Å². The molecule has 0 unspecified atom stereocenters. The Hall–Kier alpha value is -1.46. The first kappa shape index (κ1) is 18.5. The van der Waals surface area contributed by atoms with Gasteiger partial charge in [0, 0.05) is 0 Å². The third kappa shape index (κ3) is 6.63. The lowest BCUT2D eigenvalue weighted by Gasteiger charge is -2.26. The quantitative estimate of drug-likeness (QED) is 0.545. The second-order valence-electron chi connectivity index (χ2n) is 5.38. The van der Waals surface area contributed by atoms with Crippen molar-refractivity contribution in [3.63, 3.8) is 0 Å². The molecule has 0 aromatic rings. The molecule has 0 atom stereocenters. The van der Waals surface area contributed by atoms with Crippen LogP contribution in [0.2, 0.25) is 0 Å². The van der Waals surface area contributed by atoms with Crippen LogP contribution in [0.4, 0.5) is 0 Å². The zero-order valence-corrected chi connectivity index (χ0v) is 13.5. The molecule has 0 aliphatic rings. The van der Waals surface area contributed by atoms with Crippen LogP contribution in [0.1, 0.15) is 53.9 Å². The molecule has 0 fully saturated rings. The van der Waals surface area contributed by atoms with Gasteiger partial charge in [0.05, 0.1) is 0 Å². The first-order chi connectivity index (χ1) is 9.41. The molecular weight excluding hydrogens is 248 g/mol. The van der Waals surface area contributed by atoms with Gasteiger partial charge in [0.15, 0.2) is 5.76 Å². The number of hydrogen-bond donors (Lipinski definition) is 1. The maximum Gasteiger partial charge on any atom is 0.173 e. The molecule has 0 saturated carbocycles. The first-order valence-electron chi connectivity index (χ1n) is 7.25. The van der Waals surface area contributed by atoms with Gasteiger partial charge in [0.2, 0.25) is 0 Å². The molecule has 0 aromatic carbocycles. The summed E-state index contributed by atoms with van der Waals surface area (Å²) in [6.45, 7) is 14.1. The fourth-order valence-electron chi connectivity index (χ4n) is 1.64. The summed E-state index contributed by atoms with van der Waals surface area (Å²) in [5.74, 6) is 6.85. The molecule has 0 spiro atoms. The minimum absolute atomic E-state index is 0.177. The smallest absolute Gasteiger partial charge is 0.173 e. The zero-order valence-electron chi connectivity index (χ0n) is 13.5. The summed E-state index contributed by atoms with van der Waals surface area (Å²) in [5, 5.41) is 8.89. The van der Waals surface area contributed by atoms with Gasteiger partial charge in [-0.15, -0.1) is 0 Å². The molecule has 0 aromatic heterocycles. The van der Waals surface area contributed by atoms with Crippen LogP contribution in [-0.2, 0) is 4.74 Å². The van der Waals surface area contributed by atoms with Crippen LogP contribution in [0.15, 0.2) is 35.8 Å². The van der Waals surface area contributed by atoms with Crippen LogP contribution in [0.5, 0.6) is 0 Å². The highest BCUT2D eigenvalue weighted by molar-refractivity contribution is 5.32. The van der Waals surface area contributed by atoms with E-state index >= 15 is 0 Å². The van der Waals surface area contributed by atoms with Crippen molar-refractivity contribution in [3.8, 4) is 11.8 Å². The Bertz CT molecular complexity index is 428. The Morgan fingerprint density at radius 2 is 2.00 bits per heavy atom. The van der Waals surface area contributed by atoms with Gasteiger partial charge in [-0.3, -0.25) is 0 Å². The predicted molar refractivity (Wildman–Crippen MR) is 85.9 cm³/mol. The number of aliphatic hydroxyl groups is 1. The Kier molecular flexibility index (Phi) is 8.76. The van der Waals surface area contributed by atoms with Crippen LogP contribution in [0.25, 0.3) is 0 Å². The Balaban J connectivity index is 5.03. The molecule has 0 saturated heterocycles. The number of aliphatic hydroxyl groups excluding tert-OH is 1. The van der Waals surface area contributed by atoms with Crippen molar-refractivity contribution in [3.05, 3.63) is 35.8 Å². The summed E-state index contributed by atoms with van der Waals surface area (Å²) < 4.78 is 5.32. The minimum Gasteiger partial charge on any atom is -0.451 e. The summed E-state index contributed by atoms with van der Waals surface area (Å²) in [5.41, 5.74) is 1.54. The fraction of sp³-hybridized carbons (Fsp3) is 0.556. The highest BCUT2D eigenvalue weighted by atomic mass is 16.5. The third-order valence-electron chi connectivity index (χ3n) is 3.41. The number of allylic oxidation sites excluding steroid dienone is 4. The van der Waals surface area contributed by atoms with Gasteiger partial charge in [0.25, 0.3) is 0 Å². The van der Waals surface area contributed by atoms with Gasteiger partial charge < -0.3 is 9.84 Å². The molecule has 0 rings (SSSR count). The molecule has 2 heteroatoms. The standard InChI is InChI=1S/C18H28O2/c1-7-11-16(18(5,6)9-3)12-10-13-17(8-2)20-15(4)14-19/h8,12,19H,4,7,9,11,14H2,1-3,5-6H3/b16-12+,17-8-. The summed E-state index contributed by atoms with van der Waals surface area (Å²) in [6, 6.07) is 0. The van der Waals surface area contributed by atoms with Crippen LogP contribution in [-0.4, -0.2) is 11.7 Å². The van der Waals surface area contributed by atoms with Crippen molar-refractivity contribution in [2.24, 2.45) is 5.41 Å². The van der Waals surface area contributed by atoms with E-state index in [0.717, 1.165) is 19.3 Å². The highest BCUT2D eigenvalue weighted by Crippen LogP contribution is 2.32. The van der Waals surface area contributed by atoms with E-state index in [4.69, 9.17) is 9.84 Å². The first-order valence-corrected chi connectivity index (χ1v) is 7.25. The highest BCUT2D eigenvalue weighted by Gasteiger charge is 2.19. The van der Waals surface area contributed by atoms with E-state index in [0.29, 0.717) is 11.5 Å². The molecule has 1 N–H and O–H groups in total. The van der Waals surface area contributed by atoms with E-state index in [-0.39, 0.29) is 12.0 Å². The van der Waals surface area contributed by atoms with Crippen molar-refractivity contribution in [2.45, 2.75) is 53.9 Å². The van der Waals surface area contributed by atoms with E-state index in [2.05, 4.69) is 46.1 Å². The SMILES string of the molecule is C=C(CO)O/C(C#C/C=C(\CCC)C(C)(C)CC)=C\C. The molecule has 112 valence electrons. The summed E-state index contributed by atoms with van der Waals surface area (Å²) >= 11 is 0. The summed E-state index contributed by atoms with van der Waals surface area (Å²) in [6.07, 6.45) is 7.04. The van der Waals surface area contributed by atoms with Crippen LogP contribution in [0.3, 0.4) is 0 Å². The average molecular weight is 276 g/mol. The normalized spacial score (nSPS) is 12.7. The third-order valence-corrected chi connectivity index (χ3v) is 3.41. The molecular formula is C18H28O2. The molecule has 0 amide bonds. The van der Waals surface area contributed by atoms with Crippen LogP contribution < -0.4 is 0 Å². The lowest BCUT2D eigenvalue weighted by atomic mass is 9.79. The van der Waals surface area contributed by atoms with Crippen molar-refractivity contribution < 1.29 is 9.84 Å². The molecule has 0 aliphatic heterocycles. The van der Waals surface area contributed by atoms with Crippen molar-refractivity contribution in [2.75, 3.05) is 6.61 Å². The van der Waals surface area contributed by atoms with Gasteiger partial charge in [-0.1, -0.05) is 52.2 Å².